The quantitative estimate of drug-likeness (QED) is 0.762. The molecular weight excluding hydrogens is 212 g/mol. The van der Waals surface area contributed by atoms with Crippen LogP contribution in [0.15, 0.2) is 24.5 Å². The summed E-state index contributed by atoms with van der Waals surface area (Å²) in [6.45, 7) is 2.27. The van der Waals surface area contributed by atoms with Gasteiger partial charge in [-0.2, -0.15) is 0 Å². The van der Waals surface area contributed by atoms with Gasteiger partial charge < -0.3 is 0 Å². The van der Waals surface area contributed by atoms with Crippen molar-refractivity contribution in [3.8, 4) is 0 Å². The summed E-state index contributed by atoms with van der Waals surface area (Å²) >= 11 is 0. The number of sulfonamides is 1. The predicted molar refractivity (Wildman–Crippen MR) is 59.8 cm³/mol. The first kappa shape index (κ1) is 12.1. The summed E-state index contributed by atoms with van der Waals surface area (Å²) < 4.78 is 24.7. The average Bonchev–Trinajstić information content (AvgIpc) is 2.19. The van der Waals surface area contributed by atoms with Gasteiger partial charge in [0.15, 0.2) is 0 Å². The molecule has 1 aromatic heterocycles. The molecule has 84 valence electrons. The van der Waals surface area contributed by atoms with Gasteiger partial charge in [-0.25, -0.2) is 12.7 Å². The van der Waals surface area contributed by atoms with Crippen LogP contribution in [-0.2, 0) is 16.6 Å². The van der Waals surface area contributed by atoms with E-state index in [0.717, 1.165) is 5.56 Å². The van der Waals surface area contributed by atoms with Crippen LogP contribution >= 0.6 is 0 Å². The third-order valence-corrected chi connectivity index (χ3v) is 4.09. The molecule has 0 N–H and O–H groups in total. The van der Waals surface area contributed by atoms with Gasteiger partial charge in [0, 0.05) is 26.0 Å². The second-order valence-electron chi connectivity index (χ2n) is 3.43. The fourth-order valence-electron chi connectivity index (χ4n) is 1.26. The van der Waals surface area contributed by atoms with E-state index in [1.807, 2.05) is 19.1 Å². The molecule has 0 aliphatic heterocycles. The molecule has 0 saturated carbocycles. The summed E-state index contributed by atoms with van der Waals surface area (Å²) in [5, 5.41) is 0. The molecule has 0 fully saturated rings. The zero-order chi connectivity index (χ0) is 11.3. The maximum atomic E-state index is 11.6. The Kier molecular flexibility index (Phi) is 4.23. The molecule has 0 unspecified atom stereocenters. The molecule has 0 aromatic carbocycles. The topological polar surface area (TPSA) is 50.3 Å². The molecule has 0 bridgehead atoms. The van der Waals surface area contributed by atoms with Gasteiger partial charge in [0.1, 0.15) is 0 Å². The van der Waals surface area contributed by atoms with E-state index in [9.17, 15) is 8.42 Å². The Morgan fingerprint density at radius 2 is 1.93 bits per heavy atom. The van der Waals surface area contributed by atoms with Crippen LogP contribution in [0.1, 0.15) is 18.9 Å². The first-order valence-electron chi connectivity index (χ1n) is 4.89. The van der Waals surface area contributed by atoms with Crippen molar-refractivity contribution in [2.75, 3.05) is 12.8 Å². The van der Waals surface area contributed by atoms with Crippen molar-refractivity contribution in [3.05, 3.63) is 30.1 Å². The van der Waals surface area contributed by atoms with Crippen LogP contribution in [0.2, 0.25) is 0 Å². The highest BCUT2D eigenvalue weighted by Gasteiger charge is 2.16. The zero-order valence-corrected chi connectivity index (χ0v) is 9.87. The lowest BCUT2D eigenvalue weighted by Crippen LogP contribution is -2.28. The van der Waals surface area contributed by atoms with Gasteiger partial charge in [-0.05, 0) is 24.1 Å². The Bertz CT molecular complexity index is 389. The fraction of sp³-hybridized carbons (Fsp3) is 0.500. The number of aromatic nitrogens is 1. The highest BCUT2D eigenvalue weighted by atomic mass is 32.2. The molecule has 0 aliphatic carbocycles. The summed E-state index contributed by atoms with van der Waals surface area (Å²) in [7, 11) is -1.49. The highest BCUT2D eigenvalue weighted by molar-refractivity contribution is 7.89. The van der Waals surface area contributed by atoms with E-state index in [1.54, 1.807) is 19.4 Å². The molecule has 4 nitrogen and oxygen atoms in total. The normalized spacial score (nSPS) is 11.9. The Labute approximate surface area is 91.0 Å². The van der Waals surface area contributed by atoms with Crippen molar-refractivity contribution >= 4 is 10.0 Å². The minimum atomic E-state index is -3.10. The lowest BCUT2D eigenvalue weighted by atomic mass is 10.3. The molecule has 15 heavy (non-hydrogen) atoms. The Morgan fingerprint density at radius 1 is 1.33 bits per heavy atom. The van der Waals surface area contributed by atoms with Crippen LogP contribution in [0.3, 0.4) is 0 Å². The Morgan fingerprint density at radius 3 is 2.47 bits per heavy atom. The van der Waals surface area contributed by atoms with Crippen LogP contribution in [0.25, 0.3) is 0 Å². The number of hydrogen-bond acceptors (Lipinski definition) is 3. The number of rotatable bonds is 5. The summed E-state index contributed by atoms with van der Waals surface area (Å²) in [6.07, 6.45) is 3.97. The van der Waals surface area contributed by atoms with Crippen molar-refractivity contribution in [2.24, 2.45) is 0 Å². The second-order valence-corrected chi connectivity index (χ2v) is 5.62. The van der Waals surface area contributed by atoms with Gasteiger partial charge in [0.05, 0.1) is 5.75 Å². The molecule has 5 heteroatoms. The molecule has 0 atom stereocenters. The van der Waals surface area contributed by atoms with Crippen molar-refractivity contribution in [1.82, 2.24) is 9.29 Å². The van der Waals surface area contributed by atoms with Gasteiger partial charge in [0.2, 0.25) is 10.0 Å². The minimum absolute atomic E-state index is 0.203. The molecule has 0 radical (unpaired) electrons. The van der Waals surface area contributed by atoms with E-state index in [2.05, 4.69) is 4.98 Å². The molecular formula is C10H16N2O2S. The Balaban J connectivity index is 2.68. The smallest absolute Gasteiger partial charge is 0.214 e. The maximum Gasteiger partial charge on any atom is 0.214 e. The number of nitrogens with zero attached hydrogens (tertiary/aromatic N) is 2. The van der Waals surface area contributed by atoms with Crippen LogP contribution < -0.4 is 0 Å². The lowest BCUT2D eigenvalue weighted by molar-refractivity contribution is 0.466. The molecule has 1 aromatic rings. The summed E-state index contributed by atoms with van der Waals surface area (Å²) in [4.78, 5) is 3.88. The highest BCUT2D eigenvalue weighted by Crippen LogP contribution is 2.07. The number of pyridine rings is 1. The van der Waals surface area contributed by atoms with Crippen molar-refractivity contribution < 1.29 is 8.42 Å². The van der Waals surface area contributed by atoms with Crippen LogP contribution in [0, 0.1) is 0 Å². The molecule has 0 aliphatic rings. The van der Waals surface area contributed by atoms with Crippen molar-refractivity contribution in [1.29, 1.82) is 0 Å². The minimum Gasteiger partial charge on any atom is -0.265 e. The SMILES string of the molecule is CCCS(=O)(=O)N(C)Cc1ccncc1. The van der Waals surface area contributed by atoms with Crippen LogP contribution in [0.5, 0.6) is 0 Å². The predicted octanol–water partition coefficient (Wildman–Crippen LogP) is 1.25. The van der Waals surface area contributed by atoms with Crippen LogP contribution in [-0.4, -0.2) is 30.5 Å². The molecule has 0 spiro atoms. The maximum absolute atomic E-state index is 11.6. The lowest BCUT2D eigenvalue weighted by Gasteiger charge is -2.16. The average molecular weight is 228 g/mol. The van der Waals surface area contributed by atoms with Gasteiger partial charge in [-0.3, -0.25) is 4.98 Å². The van der Waals surface area contributed by atoms with E-state index < -0.39 is 10.0 Å². The summed E-state index contributed by atoms with van der Waals surface area (Å²) in [5.74, 6) is 0.203. The van der Waals surface area contributed by atoms with E-state index in [4.69, 9.17) is 0 Å². The molecule has 1 heterocycles. The molecule has 0 amide bonds. The largest absolute Gasteiger partial charge is 0.265 e. The van der Waals surface area contributed by atoms with Gasteiger partial charge in [-0.1, -0.05) is 6.92 Å². The van der Waals surface area contributed by atoms with E-state index >= 15 is 0 Å². The van der Waals surface area contributed by atoms with Crippen molar-refractivity contribution in [2.45, 2.75) is 19.9 Å². The summed E-state index contributed by atoms with van der Waals surface area (Å²) in [5.41, 5.74) is 0.951. The van der Waals surface area contributed by atoms with Crippen LogP contribution in [0.4, 0.5) is 0 Å². The summed E-state index contributed by atoms with van der Waals surface area (Å²) in [6, 6.07) is 3.63. The zero-order valence-electron chi connectivity index (χ0n) is 9.05. The number of hydrogen-bond donors (Lipinski definition) is 0. The van der Waals surface area contributed by atoms with Gasteiger partial charge in [0.25, 0.3) is 0 Å². The van der Waals surface area contributed by atoms with Crippen molar-refractivity contribution in [3.63, 3.8) is 0 Å². The Hall–Kier alpha value is -0.940. The van der Waals surface area contributed by atoms with Gasteiger partial charge >= 0.3 is 0 Å². The van der Waals surface area contributed by atoms with E-state index in [1.165, 1.54) is 4.31 Å². The third kappa shape index (κ3) is 3.60. The molecule has 0 saturated heterocycles. The first-order valence-corrected chi connectivity index (χ1v) is 6.50. The van der Waals surface area contributed by atoms with Gasteiger partial charge in [-0.15, -0.1) is 0 Å². The fourth-order valence-corrected chi connectivity index (χ4v) is 2.43. The van der Waals surface area contributed by atoms with E-state index in [0.29, 0.717) is 13.0 Å². The second kappa shape index (κ2) is 5.23. The molecule has 1 rings (SSSR count). The monoisotopic (exact) mass is 228 g/mol. The first-order chi connectivity index (χ1) is 7.06. The third-order valence-electron chi connectivity index (χ3n) is 2.09. The standard InChI is InChI=1S/C10H16N2O2S/c1-3-8-15(13,14)12(2)9-10-4-6-11-7-5-10/h4-7H,3,8-9H2,1-2H3. The van der Waals surface area contributed by atoms with E-state index in [-0.39, 0.29) is 5.75 Å².